The van der Waals surface area contributed by atoms with E-state index in [2.05, 4.69) is 9.97 Å². The minimum absolute atomic E-state index is 0.0242. The normalized spacial score (nSPS) is 16.3. The van der Waals surface area contributed by atoms with Crippen LogP contribution in [0.15, 0.2) is 6.33 Å². The zero-order chi connectivity index (χ0) is 13.7. The molecule has 19 heavy (non-hydrogen) atoms. The first kappa shape index (κ1) is 14.2. The molecule has 1 aliphatic carbocycles. The highest BCUT2D eigenvalue weighted by molar-refractivity contribution is 6.32. The molecular formula is C13H18ClN3O2. The Morgan fingerprint density at radius 2 is 2.11 bits per heavy atom. The molecule has 1 N–H and O–H groups in total. The smallest absolute Gasteiger partial charge is 0.156 e. The van der Waals surface area contributed by atoms with Crippen LogP contribution in [0.4, 0.5) is 5.82 Å². The van der Waals surface area contributed by atoms with Crippen molar-refractivity contribution in [3.8, 4) is 0 Å². The average Bonchev–Trinajstić information content (AvgIpc) is 2.45. The molecule has 1 aromatic heterocycles. The first-order chi connectivity index (χ1) is 9.27. The first-order valence-electron chi connectivity index (χ1n) is 6.61. The van der Waals surface area contributed by atoms with E-state index < -0.39 is 0 Å². The monoisotopic (exact) mass is 283 g/mol. The molecule has 0 spiro atoms. The maximum absolute atomic E-state index is 11.2. The van der Waals surface area contributed by atoms with Crippen LogP contribution in [-0.2, 0) is 0 Å². The third-order valence-electron chi connectivity index (χ3n) is 3.56. The van der Waals surface area contributed by atoms with Crippen LogP contribution in [0.2, 0.25) is 5.15 Å². The van der Waals surface area contributed by atoms with Crippen LogP contribution >= 0.6 is 11.6 Å². The fourth-order valence-electron chi connectivity index (χ4n) is 2.66. The van der Waals surface area contributed by atoms with E-state index in [1.165, 1.54) is 25.6 Å². The van der Waals surface area contributed by atoms with E-state index in [4.69, 9.17) is 11.6 Å². The van der Waals surface area contributed by atoms with Crippen LogP contribution in [0, 0.1) is 0 Å². The van der Waals surface area contributed by atoms with Crippen molar-refractivity contribution in [3.63, 3.8) is 0 Å². The van der Waals surface area contributed by atoms with Crippen molar-refractivity contribution in [2.75, 3.05) is 18.1 Å². The third kappa shape index (κ3) is 3.22. The molecule has 1 aromatic rings. The molecule has 1 heterocycles. The second-order valence-electron chi connectivity index (χ2n) is 4.73. The van der Waals surface area contributed by atoms with Gasteiger partial charge in [-0.1, -0.05) is 30.9 Å². The van der Waals surface area contributed by atoms with Crippen LogP contribution in [0.1, 0.15) is 42.5 Å². The van der Waals surface area contributed by atoms with Gasteiger partial charge < -0.3 is 10.0 Å². The predicted octanol–water partition coefficient (Wildman–Crippen LogP) is 2.07. The number of carbonyl (C=O) groups is 1. The van der Waals surface area contributed by atoms with Gasteiger partial charge in [0.05, 0.1) is 12.2 Å². The molecule has 5 nitrogen and oxygen atoms in total. The lowest BCUT2D eigenvalue weighted by Crippen LogP contribution is -2.40. The topological polar surface area (TPSA) is 66.3 Å². The fourth-order valence-corrected chi connectivity index (χ4v) is 2.83. The van der Waals surface area contributed by atoms with Gasteiger partial charge in [-0.25, -0.2) is 9.97 Å². The molecular weight excluding hydrogens is 266 g/mol. The number of rotatable bonds is 5. The van der Waals surface area contributed by atoms with Crippen molar-refractivity contribution in [2.45, 2.75) is 38.1 Å². The number of halogens is 1. The van der Waals surface area contributed by atoms with E-state index >= 15 is 0 Å². The summed E-state index contributed by atoms with van der Waals surface area (Å²) >= 11 is 5.94. The van der Waals surface area contributed by atoms with E-state index in [1.807, 2.05) is 4.90 Å². The molecule has 104 valence electrons. The molecule has 0 radical (unpaired) electrons. The minimum Gasteiger partial charge on any atom is -0.395 e. The molecule has 1 aliphatic rings. The van der Waals surface area contributed by atoms with Gasteiger partial charge in [-0.2, -0.15) is 0 Å². The van der Waals surface area contributed by atoms with Crippen molar-refractivity contribution < 1.29 is 9.90 Å². The summed E-state index contributed by atoms with van der Waals surface area (Å²) in [6.07, 6.45) is 7.74. The van der Waals surface area contributed by atoms with E-state index in [0.717, 1.165) is 12.8 Å². The zero-order valence-corrected chi connectivity index (χ0v) is 11.5. The summed E-state index contributed by atoms with van der Waals surface area (Å²) in [5.41, 5.74) is 0.309. The Bertz CT molecular complexity index is 436. The number of aliphatic hydroxyl groups is 1. The Morgan fingerprint density at radius 3 is 2.74 bits per heavy atom. The van der Waals surface area contributed by atoms with Crippen molar-refractivity contribution >= 4 is 23.7 Å². The molecule has 0 unspecified atom stereocenters. The van der Waals surface area contributed by atoms with Gasteiger partial charge in [0.15, 0.2) is 6.29 Å². The Hall–Kier alpha value is -1.20. The first-order valence-corrected chi connectivity index (χ1v) is 6.99. The zero-order valence-electron chi connectivity index (χ0n) is 10.8. The number of hydrogen-bond acceptors (Lipinski definition) is 5. The van der Waals surface area contributed by atoms with Gasteiger partial charge >= 0.3 is 0 Å². The summed E-state index contributed by atoms with van der Waals surface area (Å²) in [5, 5.41) is 9.42. The van der Waals surface area contributed by atoms with E-state index in [9.17, 15) is 9.90 Å². The average molecular weight is 284 g/mol. The van der Waals surface area contributed by atoms with E-state index in [0.29, 0.717) is 30.3 Å². The predicted molar refractivity (Wildman–Crippen MR) is 73.7 cm³/mol. The molecule has 0 aromatic carbocycles. The summed E-state index contributed by atoms with van der Waals surface area (Å²) in [4.78, 5) is 21.2. The van der Waals surface area contributed by atoms with E-state index in [1.54, 1.807) is 0 Å². The number of carbonyl (C=O) groups excluding carboxylic acids is 1. The number of aliphatic hydroxyl groups excluding tert-OH is 1. The van der Waals surface area contributed by atoms with Gasteiger partial charge in [-0.05, 0) is 12.8 Å². The molecule has 0 atom stereocenters. The highest BCUT2D eigenvalue weighted by Crippen LogP contribution is 2.29. The van der Waals surface area contributed by atoms with Gasteiger partial charge in [0.2, 0.25) is 0 Å². The van der Waals surface area contributed by atoms with E-state index in [-0.39, 0.29) is 11.8 Å². The van der Waals surface area contributed by atoms with Crippen LogP contribution in [-0.4, -0.2) is 40.6 Å². The molecule has 1 fully saturated rings. The highest BCUT2D eigenvalue weighted by atomic mass is 35.5. The van der Waals surface area contributed by atoms with Crippen molar-refractivity contribution in [1.82, 2.24) is 9.97 Å². The van der Waals surface area contributed by atoms with Crippen molar-refractivity contribution in [1.29, 1.82) is 0 Å². The largest absolute Gasteiger partial charge is 0.395 e. The summed E-state index contributed by atoms with van der Waals surface area (Å²) in [7, 11) is 0. The Kier molecular flexibility index (Phi) is 5.10. The fraction of sp³-hybridized carbons (Fsp3) is 0.615. The molecule has 0 saturated heterocycles. The van der Waals surface area contributed by atoms with Gasteiger partial charge in [0.25, 0.3) is 0 Å². The summed E-state index contributed by atoms with van der Waals surface area (Å²) in [6, 6.07) is 0.311. The van der Waals surface area contributed by atoms with Gasteiger partial charge in [-0.3, -0.25) is 4.79 Å². The summed E-state index contributed by atoms with van der Waals surface area (Å²) in [6.45, 7) is 0.481. The molecule has 2 rings (SSSR count). The standard InChI is InChI=1S/C13H18ClN3O2/c14-12-11(8-19)13(16-9-15-12)17(6-7-18)10-4-2-1-3-5-10/h8-10,18H,1-7H2. The molecule has 0 amide bonds. The van der Waals surface area contributed by atoms with Crippen LogP contribution in [0.3, 0.4) is 0 Å². The SMILES string of the molecule is O=Cc1c(Cl)ncnc1N(CCO)C1CCCCC1. The van der Waals surface area contributed by atoms with Gasteiger partial charge in [-0.15, -0.1) is 0 Å². The molecule has 0 bridgehead atoms. The third-order valence-corrected chi connectivity index (χ3v) is 3.86. The molecule has 1 saturated carbocycles. The number of anilines is 1. The Morgan fingerprint density at radius 1 is 1.37 bits per heavy atom. The summed E-state index contributed by atoms with van der Waals surface area (Å²) in [5.74, 6) is 0.538. The number of hydrogen-bond donors (Lipinski definition) is 1. The number of aromatic nitrogens is 2. The van der Waals surface area contributed by atoms with Gasteiger partial charge in [0, 0.05) is 12.6 Å². The lowest BCUT2D eigenvalue weighted by Gasteiger charge is -2.35. The van der Waals surface area contributed by atoms with Gasteiger partial charge in [0.1, 0.15) is 17.3 Å². The molecule has 0 aliphatic heterocycles. The number of nitrogens with zero attached hydrogens (tertiary/aromatic N) is 3. The van der Waals surface area contributed by atoms with Crippen LogP contribution in [0.25, 0.3) is 0 Å². The highest BCUT2D eigenvalue weighted by Gasteiger charge is 2.25. The lowest BCUT2D eigenvalue weighted by atomic mass is 9.94. The lowest BCUT2D eigenvalue weighted by molar-refractivity contribution is 0.112. The van der Waals surface area contributed by atoms with Crippen LogP contribution < -0.4 is 4.90 Å². The molecule has 6 heteroatoms. The minimum atomic E-state index is 0.0242. The Labute approximate surface area is 117 Å². The second kappa shape index (κ2) is 6.82. The van der Waals surface area contributed by atoms with Crippen LogP contribution in [0.5, 0.6) is 0 Å². The van der Waals surface area contributed by atoms with Crippen molar-refractivity contribution in [3.05, 3.63) is 17.0 Å². The Balaban J connectivity index is 2.32. The number of aldehydes is 1. The maximum atomic E-state index is 11.2. The quantitative estimate of drug-likeness (QED) is 0.662. The maximum Gasteiger partial charge on any atom is 0.156 e. The second-order valence-corrected chi connectivity index (χ2v) is 5.09. The summed E-state index contributed by atoms with van der Waals surface area (Å²) < 4.78 is 0. The van der Waals surface area contributed by atoms with Crippen molar-refractivity contribution in [2.24, 2.45) is 0 Å².